The van der Waals surface area contributed by atoms with E-state index in [1.807, 2.05) is 25.2 Å². The van der Waals surface area contributed by atoms with E-state index in [1.54, 1.807) is 0 Å². The van der Waals surface area contributed by atoms with Crippen LogP contribution in [0.4, 0.5) is 0 Å². The minimum absolute atomic E-state index is 0.737. The van der Waals surface area contributed by atoms with Crippen molar-refractivity contribution in [3.63, 3.8) is 0 Å². The average molecular weight is 234 g/mol. The quantitative estimate of drug-likeness (QED) is 0.279. The van der Waals surface area contributed by atoms with Gasteiger partial charge in [-0.3, -0.25) is 0 Å². The molecule has 0 spiro atoms. The number of carbonyl (C=O) groups is 1. The third-order valence-corrected chi connectivity index (χ3v) is 2.60. The number of hydrogen-bond donors (Lipinski definition) is 0. The molecule has 1 heteroatoms. The van der Waals surface area contributed by atoms with Crippen molar-refractivity contribution in [2.45, 2.75) is 58.3 Å². The Labute approximate surface area is 106 Å². The van der Waals surface area contributed by atoms with Crippen LogP contribution in [0, 0.1) is 0 Å². The summed E-state index contributed by atoms with van der Waals surface area (Å²) in [5.74, 6) is 0. The van der Waals surface area contributed by atoms with Crippen molar-refractivity contribution >= 4 is 6.29 Å². The largest absolute Gasteiger partial charge is 0.303 e. The second-order valence-electron chi connectivity index (χ2n) is 4.20. The summed E-state index contributed by atoms with van der Waals surface area (Å²) in [6.07, 6.45) is 22.9. The first kappa shape index (κ1) is 15.9. The number of unbranched alkanes of at least 4 members (excludes halogenated alkanes) is 7. The molecule has 0 saturated heterocycles. The smallest absolute Gasteiger partial charge is 0.119 e. The first-order valence-corrected chi connectivity index (χ1v) is 6.80. The zero-order valence-corrected chi connectivity index (χ0v) is 11.1. The topological polar surface area (TPSA) is 17.1 Å². The van der Waals surface area contributed by atoms with Crippen molar-refractivity contribution in [3.8, 4) is 0 Å². The highest BCUT2D eigenvalue weighted by Gasteiger charge is 1.89. The summed E-state index contributed by atoms with van der Waals surface area (Å²) < 4.78 is 0. The van der Waals surface area contributed by atoms with Crippen LogP contribution >= 0.6 is 0 Å². The van der Waals surface area contributed by atoms with Gasteiger partial charge in [-0.2, -0.15) is 0 Å². The van der Waals surface area contributed by atoms with Crippen molar-refractivity contribution in [1.29, 1.82) is 0 Å². The van der Waals surface area contributed by atoms with E-state index in [9.17, 15) is 4.79 Å². The van der Waals surface area contributed by atoms with Gasteiger partial charge in [-0.25, -0.2) is 0 Å². The molecule has 0 heterocycles. The third-order valence-electron chi connectivity index (χ3n) is 2.60. The zero-order valence-electron chi connectivity index (χ0n) is 11.1. The van der Waals surface area contributed by atoms with Crippen molar-refractivity contribution in [3.05, 3.63) is 36.5 Å². The van der Waals surface area contributed by atoms with Crippen molar-refractivity contribution in [2.24, 2.45) is 0 Å². The van der Waals surface area contributed by atoms with Crippen molar-refractivity contribution in [2.75, 3.05) is 0 Å². The van der Waals surface area contributed by atoms with E-state index >= 15 is 0 Å². The van der Waals surface area contributed by atoms with Crippen LogP contribution in [0.3, 0.4) is 0 Å². The van der Waals surface area contributed by atoms with Gasteiger partial charge in [-0.05, 0) is 26.2 Å². The Hall–Kier alpha value is -1.11. The van der Waals surface area contributed by atoms with Crippen LogP contribution in [-0.4, -0.2) is 6.29 Å². The molecule has 0 aliphatic carbocycles. The molecule has 0 N–H and O–H groups in total. The number of carbonyl (C=O) groups excluding carboxylic acids is 1. The molecule has 0 aliphatic rings. The van der Waals surface area contributed by atoms with Crippen LogP contribution in [0.5, 0.6) is 0 Å². The molecule has 0 bridgehead atoms. The molecule has 0 atom stereocenters. The fraction of sp³-hybridized carbons (Fsp3) is 0.562. The monoisotopic (exact) mass is 234 g/mol. The maximum atomic E-state index is 10.1. The van der Waals surface area contributed by atoms with Crippen LogP contribution in [-0.2, 0) is 4.79 Å². The molecule has 0 aromatic heterocycles. The molecular weight excluding hydrogens is 208 g/mol. The van der Waals surface area contributed by atoms with E-state index < -0.39 is 0 Å². The Bertz CT molecular complexity index is 236. The van der Waals surface area contributed by atoms with E-state index in [0.29, 0.717) is 0 Å². The van der Waals surface area contributed by atoms with Crippen molar-refractivity contribution in [1.82, 2.24) is 0 Å². The number of rotatable bonds is 11. The maximum absolute atomic E-state index is 10.1. The highest BCUT2D eigenvalue weighted by atomic mass is 16.1. The second kappa shape index (κ2) is 14.9. The molecule has 0 aromatic rings. The molecule has 0 aliphatic heterocycles. The molecule has 0 saturated carbocycles. The van der Waals surface area contributed by atoms with Gasteiger partial charge in [0.05, 0.1) is 0 Å². The molecule has 96 valence electrons. The van der Waals surface area contributed by atoms with E-state index in [2.05, 4.69) is 18.2 Å². The number of aldehydes is 1. The normalized spacial score (nSPS) is 12.1. The van der Waals surface area contributed by atoms with Gasteiger partial charge in [0.2, 0.25) is 0 Å². The highest BCUT2D eigenvalue weighted by molar-refractivity contribution is 5.48. The lowest BCUT2D eigenvalue weighted by molar-refractivity contribution is -0.107. The first-order valence-electron chi connectivity index (χ1n) is 6.80. The summed E-state index contributed by atoms with van der Waals surface area (Å²) in [7, 11) is 0. The fourth-order valence-corrected chi connectivity index (χ4v) is 1.61. The third kappa shape index (κ3) is 14.9. The summed E-state index contributed by atoms with van der Waals surface area (Å²) in [6, 6.07) is 0. The van der Waals surface area contributed by atoms with Gasteiger partial charge in [0, 0.05) is 6.42 Å². The molecule has 0 radical (unpaired) electrons. The van der Waals surface area contributed by atoms with E-state index in [-0.39, 0.29) is 0 Å². The fourth-order valence-electron chi connectivity index (χ4n) is 1.61. The summed E-state index contributed by atoms with van der Waals surface area (Å²) in [5.41, 5.74) is 0. The van der Waals surface area contributed by atoms with Crippen molar-refractivity contribution < 1.29 is 4.79 Å². The minimum Gasteiger partial charge on any atom is -0.303 e. The van der Waals surface area contributed by atoms with Crippen LogP contribution < -0.4 is 0 Å². The lowest BCUT2D eigenvalue weighted by Gasteiger charge is -1.98. The molecule has 0 amide bonds. The van der Waals surface area contributed by atoms with Crippen LogP contribution in [0.25, 0.3) is 0 Å². The lowest BCUT2D eigenvalue weighted by atomic mass is 10.1. The van der Waals surface area contributed by atoms with Crippen LogP contribution in [0.1, 0.15) is 58.3 Å². The van der Waals surface area contributed by atoms with Crippen LogP contribution in [0.15, 0.2) is 36.5 Å². The summed E-state index contributed by atoms with van der Waals surface area (Å²) in [6.45, 7) is 2.02. The van der Waals surface area contributed by atoms with E-state index in [0.717, 1.165) is 19.1 Å². The predicted molar refractivity (Wildman–Crippen MR) is 76.1 cm³/mol. The standard InChI is InChI=1S/C16H26O/c1-2-3-4-5-6-7-8-9-10-11-12-13-14-15-16-17/h2-7,16H,8-15H2,1H3/b3-2+,5-4+,7-6+. The molecular formula is C16H26O. The molecule has 0 unspecified atom stereocenters. The highest BCUT2D eigenvalue weighted by Crippen LogP contribution is 2.08. The lowest BCUT2D eigenvalue weighted by Crippen LogP contribution is -1.80. The van der Waals surface area contributed by atoms with Crippen LogP contribution in [0.2, 0.25) is 0 Å². The second-order valence-corrected chi connectivity index (χ2v) is 4.20. The van der Waals surface area contributed by atoms with Gasteiger partial charge < -0.3 is 4.79 Å². The van der Waals surface area contributed by atoms with E-state index in [4.69, 9.17) is 0 Å². The van der Waals surface area contributed by atoms with Gasteiger partial charge in [0.1, 0.15) is 6.29 Å². The first-order chi connectivity index (χ1) is 8.41. The summed E-state index contributed by atoms with van der Waals surface area (Å²) in [5, 5.41) is 0. The summed E-state index contributed by atoms with van der Waals surface area (Å²) in [4.78, 5) is 10.1. The Balaban J connectivity index is 3.15. The van der Waals surface area contributed by atoms with Gasteiger partial charge in [0.15, 0.2) is 0 Å². The molecule has 17 heavy (non-hydrogen) atoms. The van der Waals surface area contributed by atoms with Gasteiger partial charge in [-0.1, -0.05) is 62.1 Å². The number of allylic oxidation sites excluding steroid dienone is 6. The maximum Gasteiger partial charge on any atom is 0.119 e. The Morgan fingerprint density at radius 2 is 1.29 bits per heavy atom. The molecule has 0 rings (SSSR count). The van der Waals surface area contributed by atoms with Gasteiger partial charge in [0.25, 0.3) is 0 Å². The molecule has 0 fully saturated rings. The molecule has 0 aromatic carbocycles. The van der Waals surface area contributed by atoms with E-state index in [1.165, 1.54) is 38.5 Å². The number of hydrogen-bond acceptors (Lipinski definition) is 1. The minimum atomic E-state index is 0.737. The zero-order chi connectivity index (χ0) is 12.6. The average Bonchev–Trinajstić information content (AvgIpc) is 2.35. The SMILES string of the molecule is C/C=C/C=C/C=C/CCCCCCCCC=O. The Morgan fingerprint density at radius 1 is 0.706 bits per heavy atom. The predicted octanol–water partition coefficient (Wildman–Crippen LogP) is 4.99. The molecule has 1 nitrogen and oxygen atoms in total. The van der Waals surface area contributed by atoms with Gasteiger partial charge in [-0.15, -0.1) is 0 Å². The Kier molecular flexibility index (Phi) is 13.9. The Morgan fingerprint density at radius 3 is 1.94 bits per heavy atom. The summed E-state index contributed by atoms with van der Waals surface area (Å²) >= 11 is 0. The van der Waals surface area contributed by atoms with Gasteiger partial charge >= 0.3 is 0 Å².